The Morgan fingerprint density at radius 3 is 2.50 bits per heavy atom. The van der Waals surface area contributed by atoms with Crippen molar-refractivity contribution in [3.63, 3.8) is 0 Å². The van der Waals surface area contributed by atoms with Gasteiger partial charge in [0, 0.05) is 6.54 Å². The molecule has 0 aliphatic heterocycles. The van der Waals surface area contributed by atoms with E-state index in [0.29, 0.717) is 11.3 Å². The highest BCUT2D eigenvalue weighted by Crippen LogP contribution is 2.12. The fourth-order valence-corrected chi connectivity index (χ4v) is 1.88. The van der Waals surface area contributed by atoms with Crippen LogP contribution in [0.2, 0.25) is 0 Å². The summed E-state index contributed by atoms with van der Waals surface area (Å²) < 4.78 is 18.2. The molecule has 0 saturated heterocycles. The first-order valence-electron chi connectivity index (χ1n) is 7.03. The molecule has 0 heterocycles. The molecule has 1 amide bonds. The van der Waals surface area contributed by atoms with Gasteiger partial charge in [-0.25, -0.2) is 4.39 Å². The number of carbonyl (C=O) groups excluding carboxylic acids is 1. The second kappa shape index (κ2) is 8.14. The zero-order valence-corrected chi connectivity index (χ0v) is 12.0. The van der Waals surface area contributed by atoms with E-state index in [2.05, 4.69) is 5.32 Å². The summed E-state index contributed by atoms with van der Waals surface area (Å²) in [4.78, 5) is 11.7. The first kappa shape index (κ1) is 16.0. The molecule has 22 heavy (non-hydrogen) atoms. The van der Waals surface area contributed by atoms with Gasteiger partial charge in [0.2, 0.25) is 5.91 Å². The third-order valence-electron chi connectivity index (χ3n) is 3.09. The van der Waals surface area contributed by atoms with Crippen LogP contribution in [-0.2, 0) is 4.79 Å². The lowest BCUT2D eigenvalue weighted by Gasteiger charge is -2.12. The lowest BCUT2D eigenvalue weighted by atomic mass is 10.1. The Balaban J connectivity index is 1.68. The van der Waals surface area contributed by atoms with Crippen LogP contribution >= 0.6 is 0 Å². The Labute approximate surface area is 128 Å². The Bertz CT molecular complexity index is 587. The quantitative estimate of drug-likeness (QED) is 0.826. The lowest BCUT2D eigenvalue weighted by Crippen LogP contribution is -2.29. The second-order valence-corrected chi connectivity index (χ2v) is 4.78. The van der Waals surface area contributed by atoms with Gasteiger partial charge < -0.3 is 15.2 Å². The predicted octanol–water partition coefficient (Wildman–Crippen LogP) is 2.44. The summed E-state index contributed by atoms with van der Waals surface area (Å²) in [5.74, 6) is 0.136. The molecule has 2 rings (SSSR count). The summed E-state index contributed by atoms with van der Waals surface area (Å²) in [6.45, 7) is 0.346. The molecule has 2 aromatic rings. The van der Waals surface area contributed by atoms with Gasteiger partial charge in [-0.15, -0.1) is 0 Å². The Kier molecular flexibility index (Phi) is 5.91. The summed E-state index contributed by atoms with van der Waals surface area (Å²) >= 11 is 0. The van der Waals surface area contributed by atoms with E-state index in [9.17, 15) is 14.3 Å². The molecule has 0 aliphatic carbocycles. The first-order chi connectivity index (χ1) is 10.6. The van der Waals surface area contributed by atoms with E-state index in [-0.39, 0.29) is 31.3 Å². The molecule has 0 aliphatic rings. The molecule has 0 bridgehead atoms. The zero-order valence-electron chi connectivity index (χ0n) is 12.0. The van der Waals surface area contributed by atoms with Crippen molar-refractivity contribution in [3.8, 4) is 5.75 Å². The molecule has 5 heteroatoms. The molecular weight excluding hydrogens is 285 g/mol. The van der Waals surface area contributed by atoms with E-state index < -0.39 is 6.10 Å². The fraction of sp³-hybridized carbons (Fsp3) is 0.235. The number of aliphatic hydroxyl groups excluding tert-OH is 1. The van der Waals surface area contributed by atoms with Crippen LogP contribution in [-0.4, -0.2) is 24.2 Å². The molecule has 1 unspecified atom stereocenters. The Hall–Kier alpha value is -2.40. The van der Waals surface area contributed by atoms with E-state index in [4.69, 9.17) is 4.74 Å². The van der Waals surface area contributed by atoms with Crippen molar-refractivity contribution in [3.05, 3.63) is 66.0 Å². The summed E-state index contributed by atoms with van der Waals surface area (Å²) in [6, 6.07) is 14.8. The van der Waals surface area contributed by atoms with Crippen molar-refractivity contribution in [2.45, 2.75) is 12.5 Å². The summed E-state index contributed by atoms with van der Waals surface area (Å²) in [6.07, 6.45) is -0.662. The van der Waals surface area contributed by atoms with E-state index in [1.807, 2.05) is 30.3 Å². The van der Waals surface area contributed by atoms with Crippen LogP contribution < -0.4 is 10.1 Å². The minimum Gasteiger partial charge on any atom is -0.493 e. The molecule has 0 fully saturated rings. The van der Waals surface area contributed by atoms with Crippen molar-refractivity contribution in [1.82, 2.24) is 5.32 Å². The average molecular weight is 303 g/mol. The number of para-hydroxylation sites is 1. The highest BCUT2D eigenvalue weighted by atomic mass is 19.1. The number of benzene rings is 2. The SMILES string of the molecule is O=C(CCOc1ccccc1)NCC(O)c1ccc(F)cc1. The van der Waals surface area contributed by atoms with Crippen molar-refractivity contribution in [2.75, 3.05) is 13.2 Å². The van der Waals surface area contributed by atoms with Crippen molar-refractivity contribution in [1.29, 1.82) is 0 Å². The van der Waals surface area contributed by atoms with Gasteiger partial charge >= 0.3 is 0 Å². The molecule has 0 aromatic heterocycles. The van der Waals surface area contributed by atoms with Gasteiger partial charge in [0.05, 0.1) is 19.1 Å². The molecule has 2 N–H and O–H groups in total. The number of amides is 1. The summed E-state index contributed by atoms with van der Waals surface area (Å²) in [7, 11) is 0. The fourth-order valence-electron chi connectivity index (χ4n) is 1.88. The largest absolute Gasteiger partial charge is 0.493 e. The average Bonchev–Trinajstić information content (AvgIpc) is 2.54. The molecule has 2 aromatic carbocycles. The lowest BCUT2D eigenvalue weighted by molar-refractivity contribution is -0.122. The Morgan fingerprint density at radius 2 is 1.82 bits per heavy atom. The monoisotopic (exact) mass is 303 g/mol. The van der Waals surface area contributed by atoms with Gasteiger partial charge in [-0.3, -0.25) is 4.79 Å². The van der Waals surface area contributed by atoms with Gasteiger partial charge in [-0.2, -0.15) is 0 Å². The van der Waals surface area contributed by atoms with Crippen molar-refractivity contribution < 1.29 is 19.0 Å². The van der Waals surface area contributed by atoms with Gasteiger partial charge in [0.25, 0.3) is 0 Å². The maximum absolute atomic E-state index is 12.8. The van der Waals surface area contributed by atoms with Crippen LogP contribution in [0.3, 0.4) is 0 Å². The number of halogens is 1. The van der Waals surface area contributed by atoms with Crippen LogP contribution in [0.5, 0.6) is 5.75 Å². The third kappa shape index (κ3) is 5.18. The molecule has 116 valence electrons. The standard InChI is InChI=1S/C17H18FNO3/c18-14-8-6-13(7-9-14)16(20)12-19-17(21)10-11-22-15-4-2-1-3-5-15/h1-9,16,20H,10-12H2,(H,19,21). The van der Waals surface area contributed by atoms with Crippen molar-refractivity contribution in [2.24, 2.45) is 0 Å². The number of carbonyl (C=O) groups is 1. The molecular formula is C17H18FNO3. The van der Waals surface area contributed by atoms with E-state index in [0.717, 1.165) is 0 Å². The van der Waals surface area contributed by atoms with E-state index in [1.54, 1.807) is 0 Å². The molecule has 4 nitrogen and oxygen atoms in total. The molecule has 0 radical (unpaired) electrons. The number of rotatable bonds is 7. The molecule has 0 spiro atoms. The van der Waals surface area contributed by atoms with Gasteiger partial charge in [0.15, 0.2) is 0 Å². The molecule has 1 atom stereocenters. The van der Waals surface area contributed by atoms with Crippen LogP contribution in [0.4, 0.5) is 4.39 Å². The topological polar surface area (TPSA) is 58.6 Å². The Morgan fingerprint density at radius 1 is 1.14 bits per heavy atom. The number of hydrogen-bond donors (Lipinski definition) is 2. The van der Waals surface area contributed by atoms with Gasteiger partial charge in [-0.05, 0) is 29.8 Å². The van der Waals surface area contributed by atoms with Crippen LogP contribution in [0.1, 0.15) is 18.1 Å². The van der Waals surface area contributed by atoms with E-state index >= 15 is 0 Å². The van der Waals surface area contributed by atoms with Crippen molar-refractivity contribution >= 4 is 5.91 Å². The van der Waals surface area contributed by atoms with Gasteiger partial charge in [0.1, 0.15) is 11.6 Å². The molecule has 0 saturated carbocycles. The van der Waals surface area contributed by atoms with Crippen LogP contribution in [0.25, 0.3) is 0 Å². The highest BCUT2D eigenvalue weighted by Gasteiger charge is 2.09. The van der Waals surface area contributed by atoms with Crippen LogP contribution in [0.15, 0.2) is 54.6 Å². The number of aliphatic hydroxyl groups is 1. The third-order valence-corrected chi connectivity index (χ3v) is 3.09. The van der Waals surface area contributed by atoms with E-state index in [1.165, 1.54) is 24.3 Å². The summed E-state index contributed by atoms with van der Waals surface area (Å²) in [5.41, 5.74) is 0.558. The second-order valence-electron chi connectivity index (χ2n) is 4.78. The normalized spacial score (nSPS) is 11.7. The van der Waals surface area contributed by atoms with Gasteiger partial charge in [-0.1, -0.05) is 30.3 Å². The number of nitrogens with one attached hydrogen (secondary N) is 1. The maximum Gasteiger partial charge on any atom is 0.223 e. The number of ether oxygens (including phenoxy) is 1. The number of hydrogen-bond acceptors (Lipinski definition) is 3. The predicted molar refractivity (Wildman–Crippen MR) is 80.9 cm³/mol. The minimum atomic E-state index is -0.861. The zero-order chi connectivity index (χ0) is 15.8. The summed E-state index contributed by atoms with van der Waals surface area (Å²) in [5, 5.41) is 12.5. The smallest absolute Gasteiger partial charge is 0.223 e. The minimum absolute atomic E-state index is 0.0792. The van der Waals surface area contributed by atoms with Crippen LogP contribution in [0, 0.1) is 5.82 Å². The maximum atomic E-state index is 12.8. The first-order valence-corrected chi connectivity index (χ1v) is 7.03. The highest BCUT2D eigenvalue weighted by molar-refractivity contribution is 5.76.